The second-order valence-corrected chi connectivity index (χ2v) is 5.11. The Balaban J connectivity index is 2.26. The summed E-state index contributed by atoms with van der Waals surface area (Å²) in [7, 11) is 1.63. The second-order valence-electron chi connectivity index (χ2n) is 5.11. The Hall–Kier alpha value is -1.69. The molecule has 1 aromatic rings. The van der Waals surface area contributed by atoms with Crippen molar-refractivity contribution in [1.29, 1.82) is 5.41 Å². The molecule has 110 valence electrons. The first-order valence-corrected chi connectivity index (χ1v) is 6.60. The third kappa shape index (κ3) is 3.07. The van der Waals surface area contributed by atoms with Crippen molar-refractivity contribution < 1.29 is 13.5 Å². The van der Waals surface area contributed by atoms with Gasteiger partial charge in [0, 0.05) is 25.8 Å². The normalized spacial score (nSPS) is 19.1. The number of nitrogens with one attached hydrogen (secondary N) is 1. The molecule has 1 aliphatic heterocycles. The van der Waals surface area contributed by atoms with Gasteiger partial charge in [0.05, 0.1) is 6.61 Å². The molecule has 4 nitrogen and oxygen atoms in total. The van der Waals surface area contributed by atoms with Gasteiger partial charge >= 0.3 is 0 Å². The van der Waals surface area contributed by atoms with Gasteiger partial charge in [-0.3, -0.25) is 5.41 Å². The summed E-state index contributed by atoms with van der Waals surface area (Å²) in [5.74, 6) is -1.41. The Labute approximate surface area is 117 Å². The van der Waals surface area contributed by atoms with E-state index in [0.29, 0.717) is 19.7 Å². The zero-order valence-corrected chi connectivity index (χ0v) is 11.5. The molecule has 1 saturated heterocycles. The van der Waals surface area contributed by atoms with E-state index in [2.05, 4.69) is 0 Å². The minimum Gasteiger partial charge on any atom is -0.384 e. The molecule has 0 aliphatic carbocycles. The molecule has 20 heavy (non-hydrogen) atoms. The summed E-state index contributed by atoms with van der Waals surface area (Å²) in [4.78, 5) is 1.71. The van der Waals surface area contributed by atoms with Crippen molar-refractivity contribution in [3.05, 3.63) is 29.3 Å². The van der Waals surface area contributed by atoms with Crippen LogP contribution >= 0.6 is 0 Å². The Bertz CT molecular complexity index is 482. The average molecular weight is 283 g/mol. The van der Waals surface area contributed by atoms with Gasteiger partial charge in [0.15, 0.2) is 0 Å². The van der Waals surface area contributed by atoms with Crippen molar-refractivity contribution >= 4 is 11.5 Å². The number of ether oxygens (including phenoxy) is 1. The smallest absolute Gasteiger partial charge is 0.150 e. The first-order valence-electron chi connectivity index (χ1n) is 6.60. The zero-order valence-electron chi connectivity index (χ0n) is 11.5. The summed E-state index contributed by atoms with van der Waals surface area (Å²) in [5, 5.41) is 7.24. The summed E-state index contributed by atoms with van der Waals surface area (Å²) in [6.07, 6.45) is 1.88. The number of rotatable bonds is 4. The van der Waals surface area contributed by atoms with Crippen LogP contribution in [0.25, 0.3) is 0 Å². The fourth-order valence-corrected chi connectivity index (χ4v) is 2.66. The molecule has 1 atom stereocenters. The van der Waals surface area contributed by atoms with E-state index in [1.807, 2.05) is 0 Å². The van der Waals surface area contributed by atoms with Gasteiger partial charge in [-0.15, -0.1) is 0 Å². The molecule has 3 N–H and O–H groups in total. The molecule has 0 aromatic heterocycles. The quantitative estimate of drug-likeness (QED) is 0.657. The van der Waals surface area contributed by atoms with E-state index < -0.39 is 11.6 Å². The van der Waals surface area contributed by atoms with Gasteiger partial charge in [-0.2, -0.15) is 0 Å². The zero-order chi connectivity index (χ0) is 14.7. The fraction of sp³-hybridized carbons (Fsp3) is 0.500. The van der Waals surface area contributed by atoms with Crippen LogP contribution in [0.2, 0.25) is 0 Å². The van der Waals surface area contributed by atoms with Crippen LogP contribution in [0.5, 0.6) is 0 Å². The van der Waals surface area contributed by atoms with Crippen LogP contribution in [-0.2, 0) is 4.74 Å². The molecular formula is C14H19F2N3O. The van der Waals surface area contributed by atoms with Crippen LogP contribution < -0.4 is 10.6 Å². The number of halogens is 2. The molecule has 1 unspecified atom stereocenters. The number of amidine groups is 1. The first-order chi connectivity index (χ1) is 9.52. The van der Waals surface area contributed by atoms with Crippen molar-refractivity contribution in [3.63, 3.8) is 0 Å². The number of hydrogen-bond acceptors (Lipinski definition) is 3. The third-order valence-electron chi connectivity index (χ3n) is 3.57. The number of benzene rings is 1. The van der Waals surface area contributed by atoms with Crippen LogP contribution in [0.1, 0.15) is 18.4 Å². The number of nitrogens with zero attached hydrogens (tertiary/aromatic N) is 1. The predicted octanol–water partition coefficient (Wildman–Crippen LogP) is 2.11. The molecule has 1 aliphatic rings. The van der Waals surface area contributed by atoms with E-state index in [4.69, 9.17) is 15.9 Å². The van der Waals surface area contributed by atoms with Crippen molar-refractivity contribution in [2.24, 2.45) is 11.7 Å². The molecule has 0 saturated carbocycles. The molecular weight excluding hydrogens is 264 g/mol. The lowest BCUT2D eigenvalue weighted by atomic mass is 9.98. The summed E-state index contributed by atoms with van der Waals surface area (Å²) in [6, 6.07) is 2.22. The molecule has 1 fully saturated rings. The Morgan fingerprint density at radius 1 is 1.45 bits per heavy atom. The molecule has 6 heteroatoms. The summed E-state index contributed by atoms with van der Waals surface area (Å²) >= 11 is 0. The van der Waals surface area contributed by atoms with Gasteiger partial charge in [0.1, 0.15) is 23.2 Å². The van der Waals surface area contributed by atoms with E-state index in [-0.39, 0.29) is 23.0 Å². The SMILES string of the molecule is COCC1CCCN(c2c(F)cc(C(=N)N)cc2F)C1. The van der Waals surface area contributed by atoms with Crippen molar-refractivity contribution in [3.8, 4) is 0 Å². The third-order valence-corrected chi connectivity index (χ3v) is 3.57. The van der Waals surface area contributed by atoms with Gasteiger partial charge in [0.2, 0.25) is 0 Å². The van der Waals surface area contributed by atoms with Crippen LogP contribution in [0.3, 0.4) is 0 Å². The van der Waals surface area contributed by atoms with Gasteiger partial charge in [-0.1, -0.05) is 0 Å². The highest BCUT2D eigenvalue weighted by Crippen LogP contribution is 2.29. The monoisotopic (exact) mass is 283 g/mol. The van der Waals surface area contributed by atoms with E-state index >= 15 is 0 Å². The van der Waals surface area contributed by atoms with Gasteiger partial charge in [-0.05, 0) is 30.9 Å². The van der Waals surface area contributed by atoms with E-state index in [1.165, 1.54) is 0 Å². The Morgan fingerprint density at radius 2 is 2.10 bits per heavy atom. The van der Waals surface area contributed by atoms with Crippen molar-refractivity contribution in [2.45, 2.75) is 12.8 Å². The highest BCUT2D eigenvalue weighted by molar-refractivity contribution is 5.95. The highest BCUT2D eigenvalue weighted by atomic mass is 19.1. The minimum atomic E-state index is -0.673. The maximum atomic E-state index is 14.1. The maximum Gasteiger partial charge on any atom is 0.150 e. The number of piperidine rings is 1. The first kappa shape index (κ1) is 14.7. The van der Waals surface area contributed by atoms with E-state index in [9.17, 15) is 8.78 Å². The number of methoxy groups -OCH3 is 1. The standard InChI is InChI=1S/C14H19F2N3O/c1-20-8-9-3-2-4-19(7-9)13-11(15)5-10(14(17)18)6-12(13)16/h5-6,9H,2-4,7-8H2,1H3,(H3,17,18). The van der Waals surface area contributed by atoms with Crippen LogP contribution in [0.4, 0.5) is 14.5 Å². The minimum absolute atomic E-state index is 0.0317. The Kier molecular flexibility index (Phi) is 4.54. The summed E-state index contributed by atoms with van der Waals surface area (Å²) in [6.45, 7) is 1.78. The molecule has 0 amide bonds. The van der Waals surface area contributed by atoms with Gasteiger partial charge in [-0.25, -0.2) is 8.78 Å². The molecule has 1 aromatic carbocycles. The van der Waals surface area contributed by atoms with Crippen LogP contribution in [-0.4, -0.2) is 32.6 Å². The number of nitrogens with two attached hydrogens (primary N) is 1. The lowest BCUT2D eigenvalue weighted by Gasteiger charge is -2.34. The second kappa shape index (κ2) is 6.17. The van der Waals surface area contributed by atoms with Gasteiger partial charge < -0.3 is 15.4 Å². The molecule has 2 rings (SSSR count). The van der Waals surface area contributed by atoms with Crippen molar-refractivity contribution in [2.75, 3.05) is 31.7 Å². The summed E-state index contributed by atoms with van der Waals surface area (Å²) < 4.78 is 33.3. The maximum absolute atomic E-state index is 14.1. The van der Waals surface area contributed by atoms with Crippen molar-refractivity contribution in [1.82, 2.24) is 0 Å². The molecule has 0 radical (unpaired) electrons. The van der Waals surface area contributed by atoms with E-state index in [0.717, 1.165) is 25.0 Å². The predicted molar refractivity (Wildman–Crippen MR) is 74.2 cm³/mol. The molecule has 0 spiro atoms. The fourth-order valence-electron chi connectivity index (χ4n) is 2.66. The summed E-state index contributed by atoms with van der Waals surface area (Å²) in [5.41, 5.74) is 5.29. The number of nitrogen functional groups attached to an aromatic ring is 1. The largest absolute Gasteiger partial charge is 0.384 e. The molecule has 0 bridgehead atoms. The van der Waals surface area contributed by atoms with Crippen LogP contribution in [0.15, 0.2) is 12.1 Å². The topological polar surface area (TPSA) is 62.3 Å². The number of anilines is 1. The van der Waals surface area contributed by atoms with Gasteiger partial charge in [0.25, 0.3) is 0 Å². The lowest BCUT2D eigenvalue weighted by molar-refractivity contribution is 0.143. The number of hydrogen-bond donors (Lipinski definition) is 2. The molecule has 1 heterocycles. The lowest BCUT2D eigenvalue weighted by Crippen LogP contribution is -2.38. The Morgan fingerprint density at radius 3 is 2.65 bits per heavy atom. The van der Waals surface area contributed by atoms with E-state index in [1.54, 1.807) is 12.0 Å². The average Bonchev–Trinajstić information content (AvgIpc) is 2.38. The van der Waals surface area contributed by atoms with Crippen LogP contribution in [0, 0.1) is 23.0 Å². The highest BCUT2D eigenvalue weighted by Gasteiger charge is 2.25.